The molecule has 1 atom stereocenters. The Morgan fingerprint density at radius 3 is 0.747 bits per heavy atom. The average Bonchev–Trinajstić information content (AvgIpc) is 3.41. The normalized spacial score (nSPS) is 12.3. The molecule has 0 N–H and O–H groups in total. The van der Waals surface area contributed by atoms with Gasteiger partial charge in [0.05, 0.1) is 0 Å². The highest BCUT2D eigenvalue weighted by Gasteiger charge is 2.19. The third-order valence-electron chi connectivity index (χ3n) is 14.8. The molecule has 0 radical (unpaired) electrons. The summed E-state index contributed by atoms with van der Waals surface area (Å²) >= 11 is 0. The van der Waals surface area contributed by atoms with Gasteiger partial charge in [0, 0.05) is 19.3 Å². The summed E-state index contributed by atoms with van der Waals surface area (Å²) in [4.78, 5) is 38.3. The summed E-state index contributed by atoms with van der Waals surface area (Å²) in [6.07, 6.45) is 79.8. The van der Waals surface area contributed by atoms with Gasteiger partial charge in [-0.05, 0) is 83.5 Å². The van der Waals surface area contributed by atoms with Crippen LogP contribution < -0.4 is 0 Å². The lowest BCUT2D eigenvalue weighted by molar-refractivity contribution is -0.167. The van der Waals surface area contributed by atoms with Gasteiger partial charge in [0.25, 0.3) is 0 Å². The van der Waals surface area contributed by atoms with Crippen LogP contribution in [-0.4, -0.2) is 37.2 Å². The minimum absolute atomic E-state index is 0.0748. The molecule has 6 heteroatoms. The highest BCUT2D eigenvalue weighted by Crippen LogP contribution is 2.17. The van der Waals surface area contributed by atoms with E-state index in [1.807, 2.05) is 0 Å². The SMILES string of the molecule is CCCCCC/C=C\C/C=C\CCCCCCCC(=O)OC(COC(=O)CCCCCCCCCCCCCCC/C=C\C/C=C\CCCCCCC)COC(=O)CCCCCCCCCCCCCCCCCC. The van der Waals surface area contributed by atoms with E-state index in [-0.39, 0.29) is 31.1 Å². The van der Waals surface area contributed by atoms with Crippen LogP contribution in [0.25, 0.3) is 0 Å². The third kappa shape index (κ3) is 62.1. The van der Waals surface area contributed by atoms with E-state index < -0.39 is 6.10 Å². The predicted molar refractivity (Wildman–Crippen MR) is 325 cm³/mol. The molecule has 1 unspecified atom stereocenters. The summed E-state index contributed by atoms with van der Waals surface area (Å²) in [5.74, 6) is -0.867. The van der Waals surface area contributed by atoms with Crippen LogP contribution in [-0.2, 0) is 28.6 Å². The van der Waals surface area contributed by atoms with Crippen molar-refractivity contribution in [2.24, 2.45) is 0 Å². The fourth-order valence-corrected chi connectivity index (χ4v) is 9.80. The summed E-state index contributed by atoms with van der Waals surface area (Å²) in [5.41, 5.74) is 0. The Balaban J connectivity index is 4.29. The van der Waals surface area contributed by atoms with Crippen molar-refractivity contribution in [3.8, 4) is 0 Å². The van der Waals surface area contributed by atoms with E-state index in [1.165, 1.54) is 225 Å². The maximum atomic E-state index is 12.9. The molecule has 0 amide bonds. The van der Waals surface area contributed by atoms with Gasteiger partial charge in [-0.3, -0.25) is 14.4 Å². The lowest BCUT2D eigenvalue weighted by atomic mass is 10.0. The Labute approximate surface area is 467 Å². The summed E-state index contributed by atoms with van der Waals surface area (Å²) in [6, 6.07) is 0. The monoisotopic (exact) mass is 1050 g/mol. The van der Waals surface area contributed by atoms with Gasteiger partial charge in [0.15, 0.2) is 6.10 Å². The van der Waals surface area contributed by atoms with Gasteiger partial charge in [-0.2, -0.15) is 0 Å². The number of carbonyl (C=O) groups is 3. The van der Waals surface area contributed by atoms with Crippen molar-refractivity contribution in [1.82, 2.24) is 0 Å². The van der Waals surface area contributed by atoms with Crippen molar-refractivity contribution in [1.29, 1.82) is 0 Å². The minimum Gasteiger partial charge on any atom is -0.462 e. The average molecular weight is 1050 g/mol. The van der Waals surface area contributed by atoms with Gasteiger partial charge >= 0.3 is 17.9 Å². The number of carbonyl (C=O) groups excluding carboxylic acids is 3. The van der Waals surface area contributed by atoms with Gasteiger partial charge in [0.2, 0.25) is 0 Å². The fraction of sp³-hybridized carbons (Fsp3) is 0.841. The highest BCUT2D eigenvalue weighted by molar-refractivity contribution is 5.71. The standard InChI is InChI=1S/C69H126O6/c1-4-7-10-13-16-19-22-25-28-31-32-33-34-35-36-37-38-39-42-44-47-50-53-56-59-62-68(71)74-65-66(75-69(72)63-60-57-54-51-48-45-41-30-27-24-21-18-15-12-9-6-3)64-73-67(70)61-58-55-52-49-46-43-40-29-26-23-20-17-14-11-8-5-2/h21-22,24-25,30-32,41,66H,4-20,23,26-29,33-40,42-65H2,1-3H3/b24-21-,25-22-,32-31-,41-30-. The lowest BCUT2D eigenvalue weighted by Crippen LogP contribution is -2.30. The van der Waals surface area contributed by atoms with Crippen LogP contribution in [0.4, 0.5) is 0 Å². The molecule has 75 heavy (non-hydrogen) atoms. The molecule has 0 aliphatic carbocycles. The van der Waals surface area contributed by atoms with Crippen molar-refractivity contribution < 1.29 is 28.6 Å². The van der Waals surface area contributed by atoms with E-state index in [1.54, 1.807) is 0 Å². The molecule has 0 fully saturated rings. The van der Waals surface area contributed by atoms with E-state index in [2.05, 4.69) is 69.4 Å². The summed E-state index contributed by atoms with van der Waals surface area (Å²) in [5, 5.41) is 0. The van der Waals surface area contributed by atoms with Gasteiger partial charge in [0.1, 0.15) is 13.2 Å². The van der Waals surface area contributed by atoms with Crippen molar-refractivity contribution in [3.63, 3.8) is 0 Å². The zero-order valence-corrected chi connectivity index (χ0v) is 50.3. The van der Waals surface area contributed by atoms with Crippen molar-refractivity contribution >= 4 is 17.9 Å². The summed E-state index contributed by atoms with van der Waals surface area (Å²) < 4.78 is 16.9. The fourth-order valence-electron chi connectivity index (χ4n) is 9.80. The van der Waals surface area contributed by atoms with E-state index in [0.29, 0.717) is 19.3 Å². The Bertz CT molecular complexity index is 1300. The molecular formula is C69H126O6. The van der Waals surface area contributed by atoms with Gasteiger partial charge in [-0.1, -0.05) is 301 Å². The van der Waals surface area contributed by atoms with Crippen molar-refractivity contribution in [3.05, 3.63) is 48.6 Å². The number of esters is 3. The van der Waals surface area contributed by atoms with Crippen LogP contribution in [0.1, 0.15) is 355 Å². The number of hydrogen-bond acceptors (Lipinski definition) is 6. The van der Waals surface area contributed by atoms with Crippen molar-refractivity contribution in [2.75, 3.05) is 13.2 Å². The number of rotatable bonds is 61. The first kappa shape index (κ1) is 72.4. The van der Waals surface area contributed by atoms with E-state index >= 15 is 0 Å². The first-order valence-corrected chi connectivity index (χ1v) is 33.1. The van der Waals surface area contributed by atoms with Gasteiger partial charge in [-0.15, -0.1) is 0 Å². The Kier molecular flexibility index (Phi) is 61.7. The lowest BCUT2D eigenvalue weighted by Gasteiger charge is -2.18. The summed E-state index contributed by atoms with van der Waals surface area (Å²) in [7, 11) is 0. The second-order valence-electron chi connectivity index (χ2n) is 22.4. The molecule has 0 heterocycles. The zero-order valence-electron chi connectivity index (χ0n) is 50.3. The second kappa shape index (κ2) is 63.9. The van der Waals surface area contributed by atoms with E-state index in [9.17, 15) is 14.4 Å². The first-order valence-electron chi connectivity index (χ1n) is 33.1. The van der Waals surface area contributed by atoms with E-state index in [0.717, 1.165) is 89.9 Å². The second-order valence-corrected chi connectivity index (χ2v) is 22.4. The zero-order chi connectivity index (χ0) is 54.3. The molecule has 0 saturated carbocycles. The van der Waals surface area contributed by atoms with Crippen LogP contribution in [0, 0.1) is 0 Å². The molecule has 0 aliphatic heterocycles. The number of allylic oxidation sites excluding steroid dienone is 8. The first-order chi connectivity index (χ1) is 37.0. The summed E-state index contributed by atoms with van der Waals surface area (Å²) in [6.45, 7) is 6.66. The molecule has 438 valence electrons. The number of ether oxygens (including phenoxy) is 3. The molecule has 6 nitrogen and oxygen atoms in total. The molecule has 0 aliphatic rings. The third-order valence-corrected chi connectivity index (χ3v) is 14.8. The molecule has 0 aromatic heterocycles. The largest absolute Gasteiger partial charge is 0.462 e. The maximum absolute atomic E-state index is 12.9. The molecule has 0 aromatic rings. The van der Waals surface area contributed by atoms with Gasteiger partial charge < -0.3 is 14.2 Å². The quantitative estimate of drug-likeness (QED) is 0.0261. The topological polar surface area (TPSA) is 78.9 Å². The van der Waals surface area contributed by atoms with Crippen LogP contribution in [0.3, 0.4) is 0 Å². The molecule has 0 aromatic carbocycles. The molecule has 0 bridgehead atoms. The molecule has 0 saturated heterocycles. The van der Waals surface area contributed by atoms with Crippen LogP contribution >= 0.6 is 0 Å². The maximum Gasteiger partial charge on any atom is 0.306 e. The van der Waals surface area contributed by atoms with Crippen LogP contribution in [0.2, 0.25) is 0 Å². The number of unbranched alkanes of at least 4 members (excludes halogenated alkanes) is 42. The Morgan fingerprint density at radius 1 is 0.267 bits per heavy atom. The predicted octanol–water partition coefficient (Wildman–Crippen LogP) is 22.6. The minimum atomic E-state index is -0.779. The Hall–Kier alpha value is -2.63. The Morgan fingerprint density at radius 2 is 0.480 bits per heavy atom. The van der Waals surface area contributed by atoms with Crippen molar-refractivity contribution in [2.45, 2.75) is 361 Å². The molecule has 0 rings (SSSR count). The van der Waals surface area contributed by atoms with E-state index in [4.69, 9.17) is 14.2 Å². The number of hydrogen-bond donors (Lipinski definition) is 0. The molecule has 0 spiro atoms. The smallest absolute Gasteiger partial charge is 0.306 e. The van der Waals surface area contributed by atoms with Crippen LogP contribution in [0.15, 0.2) is 48.6 Å². The van der Waals surface area contributed by atoms with Gasteiger partial charge in [-0.25, -0.2) is 0 Å². The highest BCUT2D eigenvalue weighted by atomic mass is 16.6. The van der Waals surface area contributed by atoms with Crippen LogP contribution in [0.5, 0.6) is 0 Å². The molecular weight excluding hydrogens is 925 g/mol.